The van der Waals surface area contributed by atoms with Gasteiger partial charge in [0.1, 0.15) is 11.9 Å². The lowest BCUT2D eigenvalue weighted by atomic mass is 10.0. The van der Waals surface area contributed by atoms with Gasteiger partial charge in [-0.3, -0.25) is 4.90 Å². The van der Waals surface area contributed by atoms with E-state index in [1.165, 1.54) is 18.4 Å². The molecule has 1 unspecified atom stereocenters. The molecule has 1 saturated heterocycles. The Morgan fingerprint density at radius 1 is 1.30 bits per heavy atom. The quantitative estimate of drug-likeness (QED) is 0.829. The lowest BCUT2D eigenvalue weighted by molar-refractivity contribution is 0.118. The van der Waals surface area contributed by atoms with Gasteiger partial charge in [-0.25, -0.2) is 4.39 Å². The van der Waals surface area contributed by atoms with Crippen LogP contribution in [0.5, 0.6) is 5.75 Å². The molecule has 4 rings (SSSR count). The van der Waals surface area contributed by atoms with E-state index in [9.17, 15) is 9.50 Å². The van der Waals surface area contributed by atoms with E-state index in [2.05, 4.69) is 26.5 Å². The van der Waals surface area contributed by atoms with Crippen LogP contribution in [-0.2, 0) is 0 Å². The zero-order valence-corrected chi connectivity index (χ0v) is 16.0. The van der Waals surface area contributed by atoms with E-state index in [1.54, 1.807) is 0 Å². The zero-order valence-electron chi connectivity index (χ0n) is 16.0. The molecule has 1 aliphatic carbocycles. The van der Waals surface area contributed by atoms with E-state index in [1.807, 2.05) is 37.2 Å². The lowest BCUT2D eigenvalue weighted by Gasteiger charge is -2.35. The summed E-state index contributed by atoms with van der Waals surface area (Å²) < 4.78 is 13.9. The van der Waals surface area contributed by atoms with E-state index >= 15 is 0 Å². The molecule has 1 aromatic carbocycles. The first-order valence-electron chi connectivity index (χ1n) is 9.84. The van der Waals surface area contributed by atoms with Crippen LogP contribution in [0.4, 0.5) is 4.39 Å². The predicted octanol–water partition coefficient (Wildman–Crippen LogP) is 3.49. The molecule has 3 atom stereocenters. The van der Waals surface area contributed by atoms with Crippen molar-refractivity contribution in [2.24, 2.45) is 10.2 Å². The van der Waals surface area contributed by atoms with E-state index in [-0.39, 0.29) is 18.0 Å². The van der Waals surface area contributed by atoms with Crippen molar-refractivity contribution in [3.05, 3.63) is 41.3 Å². The third-order valence-electron chi connectivity index (χ3n) is 5.64. The van der Waals surface area contributed by atoms with Crippen LogP contribution in [0.2, 0.25) is 0 Å². The van der Waals surface area contributed by atoms with Crippen LogP contribution in [0.15, 0.2) is 40.4 Å². The van der Waals surface area contributed by atoms with Gasteiger partial charge in [-0.1, -0.05) is 19.1 Å². The molecule has 2 aliphatic heterocycles. The van der Waals surface area contributed by atoms with Gasteiger partial charge in [-0.05, 0) is 36.9 Å². The standard InChI is InChI=1S/C20H28FN5O/c1-3-26-10-15(21)9-16(11-26)22-19-12-25(2)20(24-23-19)17-7-6-14(8-18(17)27)13-4-5-13/h6-8,12-13,15-16,20,22,27H,3-5,9-11H2,1-2H3/t15-,16-,20?/m1/s1. The number of hydrogen-bond acceptors (Lipinski definition) is 6. The maximum atomic E-state index is 13.9. The molecule has 2 N–H and O–H groups in total. The number of hydrogen-bond donors (Lipinski definition) is 2. The largest absolute Gasteiger partial charge is 0.508 e. The molecule has 1 aromatic rings. The van der Waals surface area contributed by atoms with Gasteiger partial charge in [0.25, 0.3) is 0 Å². The summed E-state index contributed by atoms with van der Waals surface area (Å²) in [5.74, 6) is 1.51. The fourth-order valence-corrected chi connectivity index (χ4v) is 3.98. The number of aromatic hydroxyl groups is 1. The summed E-state index contributed by atoms with van der Waals surface area (Å²) in [5, 5.41) is 22.4. The predicted molar refractivity (Wildman–Crippen MR) is 102 cm³/mol. The highest BCUT2D eigenvalue weighted by molar-refractivity contribution is 5.41. The average Bonchev–Trinajstić information content (AvgIpc) is 3.47. The SMILES string of the molecule is CCN1C[C@H](F)C[C@@H](NC2=CN(C)C(c3ccc(C4CC4)cc3O)N=N2)C1. The number of phenolic OH excluding ortho intramolecular Hbond substituents is 1. The fourth-order valence-electron chi connectivity index (χ4n) is 3.98. The second-order valence-corrected chi connectivity index (χ2v) is 7.89. The molecule has 6 nitrogen and oxygen atoms in total. The number of alkyl halides is 1. The number of piperidine rings is 1. The lowest BCUT2D eigenvalue weighted by Crippen LogP contribution is -2.49. The van der Waals surface area contributed by atoms with Gasteiger partial charge in [-0.2, -0.15) is 5.11 Å². The Balaban J connectivity index is 1.42. The summed E-state index contributed by atoms with van der Waals surface area (Å²) in [6.45, 7) is 4.21. The fraction of sp³-hybridized carbons (Fsp3) is 0.600. The van der Waals surface area contributed by atoms with Gasteiger partial charge in [-0.15, -0.1) is 5.11 Å². The monoisotopic (exact) mass is 373 g/mol. The third-order valence-corrected chi connectivity index (χ3v) is 5.64. The number of nitrogens with zero attached hydrogens (tertiary/aromatic N) is 4. The molecule has 146 valence electrons. The van der Waals surface area contributed by atoms with Crippen molar-refractivity contribution in [3.8, 4) is 5.75 Å². The smallest absolute Gasteiger partial charge is 0.171 e. The summed E-state index contributed by atoms with van der Waals surface area (Å²) in [4.78, 5) is 4.03. The normalized spacial score (nSPS) is 28.9. The van der Waals surface area contributed by atoms with Crippen LogP contribution >= 0.6 is 0 Å². The minimum Gasteiger partial charge on any atom is -0.508 e. The third kappa shape index (κ3) is 4.08. The zero-order chi connectivity index (χ0) is 19.0. The minimum absolute atomic E-state index is 0.0232. The summed E-state index contributed by atoms with van der Waals surface area (Å²) in [5.41, 5.74) is 1.95. The molecular weight excluding hydrogens is 345 g/mol. The van der Waals surface area contributed by atoms with Crippen LogP contribution in [0.1, 0.15) is 49.4 Å². The molecule has 1 saturated carbocycles. The topological polar surface area (TPSA) is 63.5 Å². The summed E-state index contributed by atoms with van der Waals surface area (Å²) in [7, 11) is 1.91. The highest BCUT2D eigenvalue weighted by Gasteiger charge is 2.29. The molecule has 0 amide bonds. The highest BCUT2D eigenvalue weighted by Crippen LogP contribution is 2.43. The van der Waals surface area contributed by atoms with Crippen LogP contribution in [0.3, 0.4) is 0 Å². The van der Waals surface area contributed by atoms with Crippen LogP contribution in [0, 0.1) is 0 Å². The first-order valence-corrected chi connectivity index (χ1v) is 9.84. The number of halogens is 1. The van der Waals surface area contributed by atoms with Crippen LogP contribution in [0.25, 0.3) is 0 Å². The Hall–Kier alpha value is -2.15. The molecule has 2 fully saturated rings. The number of benzene rings is 1. The molecule has 0 aromatic heterocycles. The van der Waals surface area contributed by atoms with E-state index < -0.39 is 6.17 Å². The summed E-state index contributed by atoms with van der Waals surface area (Å²) in [6, 6.07) is 5.91. The van der Waals surface area contributed by atoms with E-state index in [0.717, 1.165) is 18.7 Å². The van der Waals surface area contributed by atoms with Crippen molar-refractivity contribution >= 4 is 0 Å². The van der Waals surface area contributed by atoms with Gasteiger partial charge in [0.15, 0.2) is 12.0 Å². The number of nitrogens with one attached hydrogen (secondary N) is 1. The van der Waals surface area contributed by atoms with Crippen LogP contribution < -0.4 is 5.32 Å². The molecule has 0 spiro atoms. The van der Waals surface area contributed by atoms with Crippen molar-refractivity contribution < 1.29 is 9.50 Å². The highest BCUT2D eigenvalue weighted by atomic mass is 19.1. The minimum atomic E-state index is -0.815. The van der Waals surface area contributed by atoms with Crippen molar-refractivity contribution in [1.82, 2.24) is 15.1 Å². The summed E-state index contributed by atoms with van der Waals surface area (Å²) in [6.07, 6.45) is 3.61. The molecule has 3 aliphatic rings. The number of azo groups is 1. The van der Waals surface area contributed by atoms with Gasteiger partial charge >= 0.3 is 0 Å². The van der Waals surface area contributed by atoms with Crippen molar-refractivity contribution in [3.63, 3.8) is 0 Å². The van der Waals surface area contributed by atoms with E-state index in [4.69, 9.17) is 0 Å². The number of rotatable bonds is 5. The second-order valence-electron chi connectivity index (χ2n) is 7.89. The maximum absolute atomic E-state index is 13.9. The Morgan fingerprint density at radius 2 is 2.11 bits per heavy atom. The van der Waals surface area contributed by atoms with Gasteiger partial charge < -0.3 is 15.3 Å². The van der Waals surface area contributed by atoms with Crippen molar-refractivity contribution in [1.29, 1.82) is 0 Å². The second kappa shape index (κ2) is 7.46. The summed E-state index contributed by atoms with van der Waals surface area (Å²) >= 11 is 0. The van der Waals surface area contributed by atoms with Gasteiger partial charge in [0, 0.05) is 44.4 Å². The number of phenols is 1. The van der Waals surface area contributed by atoms with Crippen LogP contribution in [-0.4, -0.2) is 53.8 Å². The Kier molecular flexibility index (Phi) is 5.04. The van der Waals surface area contributed by atoms with E-state index in [0.29, 0.717) is 24.7 Å². The molecule has 27 heavy (non-hydrogen) atoms. The molecule has 0 radical (unpaired) electrons. The Morgan fingerprint density at radius 3 is 2.78 bits per heavy atom. The average molecular weight is 373 g/mol. The Bertz CT molecular complexity index is 748. The van der Waals surface area contributed by atoms with Gasteiger partial charge in [0.05, 0.1) is 0 Å². The molecule has 7 heteroatoms. The van der Waals surface area contributed by atoms with Crippen molar-refractivity contribution in [2.75, 3.05) is 26.7 Å². The molecule has 2 heterocycles. The molecular formula is C20H28FN5O. The molecule has 0 bridgehead atoms. The Labute approximate surface area is 159 Å². The first-order chi connectivity index (χ1) is 13.0. The van der Waals surface area contributed by atoms with Crippen molar-refractivity contribution in [2.45, 2.75) is 50.5 Å². The van der Waals surface area contributed by atoms with Gasteiger partial charge in [0.2, 0.25) is 0 Å². The number of likely N-dealkylation sites (tertiary alicyclic amines) is 1. The first kappa shape index (κ1) is 18.2. The number of likely N-dealkylation sites (N-methyl/N-ethyl adjacent to an activating group) is 1. The maximum Gasteiger partial charge on any atom is 0.171 e.